The summed E-state index contributed by atoms with van der Waals surface area (Å²) < 4.78 is 6.23. The summed E-state index contributed by atoms with van der Waals surface area (Å²) in [7, 11) is 0. The Morgan fingerprint density at radius 1 is 0.206 bits per heavy atom. The predicted molar refractivity (Wildman–Crippen MR) is 426 cm³/mol. The van der Waals surface area contributed by atoms with Crippen LogP contribution in [0.15, 0.2) is 231 Å². The van der Waals surface area contributed by atoms with Crippen LogP contribution in [-0.4, -0.2) is 60.5 Å². The lowest BCUT2D eigenvalue weighted by Crippen LogP contribution is -1.84. The summed E-state index contributed by atoms with van der Waals surface area (Å²) in [5.41, 5.74) is 17.6. The van der Waals surface area contributed by atoms with E-state index in [9.17, 15) is 30.6 Å². The minimum atomic E-state index is 0.0596. The van der Waals surface area contributed by atoms with E-state index in [1.165, 1.54) is 90.3 Å². The van der Waals surface area contributed by atoms with Gasteiger partial charge in [-0.1, -0.05) is 121 Å². The molecular formula is C84H56N6O6S6. The minimum Gasteiger partial charge on any atom is -0.507 e. The van der Waals surface area contributed by atoms with Gasteiger partial charge in [0.15, 0.2) is 0 Å². The highest BCUT2D eigenvalue weighted by molar-refractivity contribution is 7.23. The first kappa shape index (κ1) is 63.9. The van der Waals surface area contributed by atoms with E-state index in [-0.39, 0.29) is 34.5 Å². The summed E-state index contributed by atoms with van der Waals surface area (Å²) in [6.07, 6.45) is 0. The van der Waals surface area contributed by atoms with Gasteiger partial charge in [-0.05, 0) is 203 Å². The van der Waals surface area contributed by atoms with Crippen LogP contribution >= 0.6 is 68.0 Å². The molecule has 102 heavy (non-hydrogen) atoms. The molecule has 19 rings (SSSR count). The van der Waals surface area contributed by atoms with Crippen molar-refractivity contribution in [2.45, 2.75) is 27.7 Å². The fourth-order valence-electron chi connectivity index (χ4n) is 12.5. The molecule has 6 aromatic heterocycles. The van der Waals surface area contributed by atoms with Crippen molar-refractivity contribution in [2.24, 2.45) is 0 Å². The highest BCUT2D eigenvalue weighted by Gasteiger charge is 2.23. The van der Waals surface area contributed by atoms with E-state index in [1.807, 2.05) is 60.7 Å². The summed E-state index contributed by atoms with van der Waals surface area (Å²) >= 11 is 8.99. The third kappa shape index (κ3) is 12.1. The van der Waals surface area contributed by atoms with Crippen molar-refractivity contribution in [1.29, 1.82) is 0 Å². The molecule has 13 aromatic carbocycles. The fourth-order valence-corrected chi connectivity index (χ4v) is 18.6. The van der Waals surface area contributed by atoms with E-state index in [0.717, 1.165) is 105 Å². The molecule has 0 amide bonds. The van der Waals surface area contributed by atoms with Crippen molar-refractivity contribution in [3.8, 4) is 120 Å². The number of aryl methyl sites for hydroxylation is 4. The summed E-state index contributed by atoms with van der Waals surface area (Å²) in [6.45, 7) is 8.28. The van der Waals surface area contributed by atoms with Gasteiger partial charge in [-0.25, -0.2) is 29.9 Å². The van der Waals surface area contributed by atoms with Crippen molar-refractivity contribution < 1.29 is 30.6 Å². The number of fused-ring (bicyclic) bond motifs is 8. The number of hydrogen-bond donors (Lipinski definition) is 6. The smallest absolute Gasteiger partial charge is 0.128 e. The number of rotatable bonds is 8. The maximum atomic E-state index is 11.0. The van der Waals surface area contributed by atoms with Crippen molar-refractivity contribution in [3.63, 3.8) is 0 Å². The molecule has 6 heterocycles. The van der Waals surface area contributed by atoms with Crippen LogP contribution in [-0.2, 0) is 0 Å². The first-order valence-corrected chi connectivity index (χ1v) is 37.4. The quantitative estimate of drug-likeness (QED) is 0.0788. The molecule has 0 unspecified atom stereocenters. The second kappa shape index (κ2) is 25.9. The average Bonchev–Trinajstić information content (AvgIpc) is 1.61. The van der Waals surface area contributed by atoms with Crippen LogP contribution in [0.2, 0.25) is 0 Å². The molecule has 494 valence electrons. The topological polar surface area (TPSA) is 199 Å². The van der Waals surface area contributed by atoms with Crippen molar-refractivity contribution in [1.82, 2.24) is 29.9 Å². The lowest BCUT2D eigenvalue weighted by molar-refractivity contribution is 0.463. The maximum Gasteiger partial charge on any atom is 0.128 e. The Hall–Kier alpha value is -11.5. The minimum absolute atomic E-state index is 0.0596. The molecule has 0 fully saturated rings. The number of phenols is 6. The Bertz CT molecular complexity index is 5980. The number of benzene rings is 13. The third-order valence-corrected chi connectivity index (χ3v) is 24.6. The summed E-state index contributed by atoms with van der Waals surface area (Å²) in [6, 6.07) is 75.2. The first-order chi connectivity index (χ1) is 49.5. The summed E-state index contributed by atoms with van der Waals surface area (Å²) in [5.74, 6) is 0.430. The average molecular weight is 1440 g/mol. The van der Waals surface area contributed by atoms with Gasteiger partial charge in [0.25, 0.3) is 0 Å². The molecule has 0 aliphatic heterocycles. The molecule has 0 bridgehead atoms. The van der Waals surface area contributed by atoms with Gasteiger partial charge in [0.2, 0.25) is 0 Å². The van der Waals surface area contributed by atoms with Crippen LogP contribution in [0.25, 0.3) is 169 Å². The zero-order chi connectivity index (χ0) is 69.6. The second-order valence-electron chi connectivity index (χ2n) is 25.0. The normalized spacial score (nSPS) is 11.6. The molecule has 6 N–H and O–H groups in total. The maximum absolute atomic E-state index is 11.0. The van der Waals surface area contributed by atoms with Gasteiger partial charge >= 0.3 is 0 Å². The summed E-state index contributed by atoms with van der Waals surface area (Å²) in [4.78, 5) is 28.4. The van der Waals surface area contributed by atoms with Crippen LogP contribution in [0.1, 0.15) is 22.3 Å². The van der Waals surface area contributed by atoms with E-state index in [4.69, 9.17) is 19.9 Å². The Labute approximate surface area is 607 Å². The van der Waals surface area contributed by atoms with E-state index in [1.54, 1.807) is 36.4 Å². The molecule has 0 atom stereocenters. The number of phenolic OH excluding ortho intramolecular Hbond substituents is 6. The van der Waals surface area contributed by atoms with Gasteiger partial charge in [0, 0.05) is 0 Å². The van der Waals surface area contributed by atoms with Crippen LogP contribution in [0.3, 0.4) is 0 Å². The largest absolute Gasteiger partial charge is 0.507 e. The lowest BCUT2D eigenvalue weighted by atomic mass is 10.1. The van der Waals surface area contributed by atoms with Crippen LogP contribution < -0.4 is 0 Å². The Morgan fingerprint density at radius 2 is 0.441 bits per heavy atom. The standard InChI is InChI=1S/C32H20N2O2S2.C28H16N2O2S2.C24H20N2O2S2/c35-27-18-24(32-34-26-16-22(12-14-30(26)38-32)20-9-5-2-6-10-20)28(36)17-23(27)31-33-25-15-21(11-13-29(25)37-31)19-7-3-1-4-8-19;31-23-14-20(28-30-22-10-16-6-2-4-8-18(16)12-26(22)34-28)24(32)13-19(23)27-29-21-9-15-5-1-3-7-17(15)11-25(21)33-27;1-11-5-17-21(7-13(11)3)29-23(25-17)15-9-20(28)16(10-19(15)27)24-26-18-6-12(2)14(4)8-22(18)30-24/h1-18,35-36H;1-14,31-32H;5-10,27-28H,1-4H3. The highest BCUT2D eigenvalue weighted by Crippen LogP contribution is 2.49. The molecule has 0 aliphatic rings. The van der Waals surface area contributed by atoms with E-state index in [0.29, 0.717) is 63.4 Å². The van der Waals surface area contributed by atoms with E-state index < -0.39 is 0 Å². The highest BCUT2D eigenvalue weighted by atomic mass is 32.1. The molecular weight excluding hydrogens is 1380 g/mol. The molecule has 0 saturated carbocycles. The SMILES string of the molecule is Cc1cc2nc(-c3cc(O)c(-c4nc5cc(C)c(C)cc5s4)cc3O)sc2cc1C.Oc1cc(-c2nc3cc(-c4ccccc4)ccc3s2)c(O)cc1-c1nc2cc(-c3ccccc3)ccc2s1.Oc1cc(-c2nc3cc4ccccc4cc3s2)c(O)cc1-c1nc2cc3ccccc3cc2s1. The zero-order valence-electron chi connectivity index (χ0n) is 54.8. The Balaban J connectivity index is 0.000000115. The van der Waals surface area contributed by atoms with E-state index in [2.05, 4.69) is 171 Å². The van der Waals surface area contributed by atoms with Gasteiger partial charge in [-0.15, -0.1) is 68.0 Å². The monoisotopic (exact) mass is 1440 g/mol. The zero-order valence-corrected chi connectivity index (χ0v) is 59.7. The molecule has 0 saturated heterocycles. The molecule has 0 radical (unpaired) electrons. The second-order valence-corrected chi connectivity index (χ2v) is 31.2. The van der Waals surface area contributed by atoms with Crippen LogP contribution in [0.4, 0.5) is 0 Å². The van der Waals surface area contributed by atoms with Crippen molar-refractivity contribution >= 4 is 151 Å². The number of aromatic nitrogens is 6. The van der Waals surface area contributed by atoms with Gasteiger partial charge < -0.3 is 30.6 Å². The predicted octanol–water partition coefficient (Wildman–Crippen LogP) is 23.8. The van der Waals surface area contributed by atoms with Gasteiger partial charge in [-0.2, -0.15) is 0 Å². The first-order valence-electron chi connectivity index (χ1n) is 32.5. The van der Waals surface area contributed by atoms with Crippen LogP contribution in [0.5, 0.6) is 34.5 Å². The number of nitrogens with zero attached hydrogens (tertiary/aromatic N) is 6. The van der Waals surface area contributed by atoms with Crippen LogP contribution in [0, 0.1) is 27.7 Å². The van der Waals surface area contributed by atoms with Gasteiger partial charge in [-0.3, -0.25) is 0 Å². The number of thiazole rings is 6. The molecule has 19 aromatic rings. The number of hydrogen-bond acceptors (Lipinski definition) is 18. The number of aromatic hydroxyl groups is 6. The molecule has 18 heteroatoms. The van der Waals surface area contributed by atoms with Crippen molar-refractivity contribution in [2.75, 3.05) is 0 Å². The lowest BCUT2D eigenvalue weighted by Gasteiger charge is -2.06. The van der Waals surface area contributed by atoms with Gasteiger partial charge in [0.05, 0.1) is 94.7 Å². The Morgan fingerprint density at radius 3 is 0.745 bits per heavy atom. The third-order valence-electron chi connectivity index (χ3n) is 18.2. The molecule has 0 aliphatic carbocycles. The van der Waals surface area contributed by atoms with E-state index >= 15 is 0 Å². The molecule has 0 spiro atoms. The van der Waals surface area contributed by atoms with Gasteiger partial charge in [0.1, 0.15) is 64.5 Å². The Kier molecular flexibility index (Phi) is 16.2. The van der Waals surface area contributed by atoms with Crippen molar-refractivity contribution in [3.05, 3.63) is 253 Å². The summed E-state index contributed by atoms with van der Waals surface area (Å²) in [5, 5.41) is 73.9. The molecule has 12 nitrogen and oxygen atoms in total. The fraction of sp³-hybridized carbons (Fsp3) is 0.0476.